The van der Waals surface area contributed by atoms with Gasteiger partial charge in [-0.1, -0.05) is 20.8 Å². The van der Waals surface area contributed by atoms with E-state index >= 15 is 0 Å². The van der Waals surface area contributed by atoms with E-state index in [0.717, 1.165) is 0 Å². The zero-order valence-corrected chi connectivity index (χ0v) is 13.3. The van der Waals surface area contributed by atoms with Crippen molar-refractivity contribution in [3.8, 4) is 0 Å². The third kappa shape index (κ3) is 5.59. The average Bonchev–Trinajstić information content (AvgIpc) is 2.41. The lowest BCUT2D eigenvalue weighted by Gasteiger charge is -2.30. The van der Waals surface area contributed by atoms with Crippen LogP contribution < -0.4 is 10.6 Å². The van der Waals surface area contributed by atoms with Gasteiger partial charge < -0.3 is 15.5 Å². The molecule has 0 aromatic carbocycles. The molecule has 0 aromatic heterocycles. The van der Waals surface area contributed by atoms with Crippen molar-refractivity contribution in [2.75, 3.05) is 14.1 Å². The molecule has 6 heteroatoms. The van der Waals surface area contributed by atoms with Gasteiger partial charge in [-0.05, 0) is 19.3 Å². The standard InChI is InChI=1S/C14H27N3O3/c1-7-12(18)16-10(4)14(20)17(6)11(8-9(2)3)13(19)15-5/h9-11H,7-8H2,1-6H3,(H,15,19)(H,16,18)/t10-,11-/m0/s1. The summed E-state index contributed by atoms with van der Waals surface area (Å²) < 4.78 is 0. The number of hydrogen-bond acceptors (Lipinski definition) is 3. The molecular weight excluding hydrogens is 258 g/mol. The van der Waals surface area contributed by atoms with Crippen LogP contribution in [-0.2, 0) is 14.4 Å². The van der Waals surface area contributed by atoms with Crippen LogP contribution in [-0.4, -0.2) is 48.8 Å². The number of nitrogens with zero attached hydrogens (tertiary/aromatic N) is 1. The molecule has 0 aromatic rings. The summed E-state index contributed by atoms with van der Waals surface area (Å²) in [4.78, 5) is 36.9. The highest BCUT2D eigenvalue weighted by molar-refractivity contribution is 5.91. The second kappa shape index (κ2) is 8.55. The smallest absolute Gasteiger partial charge is 0.245 e. The predicted molar refractivity (Wildman–Crippen MR) is 78.0 cm³/mol. The number of rotatable bonds is 7. The Morgan fingerprint density at radius 3 is 2.10 bits per heavy atom. The summed E-state index contributed by atoms with van der Waals surface area (Å²) >= 11 is 0. The Kier molecular flexibility index (Phi) is 7.87. The van der Waals surface area contributed by atoms with Crippen molar-refractivity contribution in [2.45, 2.75) is 52.6 Å². The van der Waals surface area contributed by atoms with E-state index < -0.39 is 12.1 Å². The van der Waals surface area contributed by atoms with Gasteiger partial charge in [0.1, 0.15) is 12.1 Å². The Bertz CT molecular complexity index is 356. The highest BCUT2D eigenvalue weighted by Crippen LogP contribution is 2.12. The molecule has 116 valence electrons. The number of hydrogen-bond donors (Lipinski definition) is 2. The van der Waals surface area contributed by atoms with Crippen LogP contribution in [0.15, 0.2) is 0 Å². The van der Waals surface area contributed by atoms with Crippen LogP contribution in [0.4, 0.5) is 0 Å². The molecule has 0 fully saturated rings. The van der Waals surface area contributed by atoms with E-state index in [1.807, 2.05) is 13.8 Å². The second-order valence-corrected chi connectivity index (χ2v) is 5.35. The largest absolute Gasteiger partial charge is 0.357 e. The molecule has 0 saturated heterocycles. The maximum Gasteiger partial charge on any atom is 0.245 e. The van der Waals surface area contributed by atoms with Crippen molar-refractivity contribution >= 4 is 17.7 Å². The first-order chi connectivity index (χ1) is 9.24. The van der Waals surface area contributed by atoms with Gasteiger partial charge in [0.2, 0.25) is 17.7 Å². The molecule has 0 bridgehead atoms. The Morgan fingerprint density at radius 1 is 1.15 bits per heavy atom. The van der Waals surface area contributed by atoms with Gasteiger partial charge in [-0.25, -0.2) is 0 Å². The van der Waals surface area contributed by atoms with E-state index in [1.165, 1.54) is 4.90 Å². The van der Waals surface area contributed by atoms with E-state index in [0.29, 0.717) is 12.8 Å². The maximum atomic E-state index is 12.3. The summed E-state index contributed by atoms with van der Waals surface area (Å²) in [6, 6.07) is -1.15. The van der Waals surface area contributed by atoms with Gasteiger partial charge in [0, 0.05) is 20.5 Å². The molecule has 0 unspecified atom stereocenters. The Hall–Kier alpha value is -1.59. The lowest BCUT2D eigenvalue weighted by molar-refractivity contribution is -0.141. The maximum absolute atomic E-state index is 12.3. The van der Waals surface area contributed by atoms with Crippen LogP contribution in [0.25, 0.3) is 0 Å². The molecule has 2 N–H and O–H groups in total. The molecule has 0 saturated carbocycles. The molecule has 0 spiro atoms. The zero-order valence-electron chi connectivity index (χ0n) is 13.3. The first kappa shape index (κ1) is 18.4. The highest BCUT2D eigenvalue weighted by atomic mass is 16.2. The van der Waals surface area contributed by atoms with E-state index in [2.05, 4.69) is 10.6 Å². The lowest BCUT2D eigenvalue weighted by Crippen LogP contribution is -2.53. The molecule has 6 nitrogen and oxygen atoms in total. The normalized spacial score (nSPS) is 13.6. The fraction of sp³-hybridized carbons (Fsp3) is 0.786. The summed E-state index contributed by atoms with van der Waals surface area (Å²) in [5.74, 6) is -0.350. The first-order valence-electron chi connectivity index (χ1n) is 7.02. The fourth-order valence-electron chi connectivity index (χ4n) is 1.92. The molecule has 0 radical (unpaired) electrons. The van der Waals surface area contributed by atoms with Crippen molar-refractivity contribution in [3.63, 3.8) is 0 Å². The Balaban J connectivity index is 4.86. The van der Waals surface area contributed by atoms with Gasteiger partial charge >= 0.3 is 0 Å². The second-order valence-electron chi connectivity index (χ2n) is 5.35. The van der Waals surface area contributed by atoms with E-state index in [1.54, 1.807) is 27.9 Å². The number of amides is 3. The van der Waals surface area contributed by atoms with Gasteiger partial charge in [-0.3, -0.25) is 14.4 Å². The summed E-state index contributed by atoms with van der Waals surface area (Å²) in [6.45, 7) is 7.35. The Morgan fingerprint density at radius 2 is 1.70 bits per heavy atom. The molecule has 2 atom stereocenters. The van der Waals surface area contributed by atoms with Crippen LogP contribution in [0.1, 0.15) is 40.5 Å². The van der Waals surface area contributed by atoms with Gasteiger partial charge in [0.25, 0.3) is 0 Å². The molecule has 3 amide bonds. The van der Waals surface area contributed by atoms with Crippen molar-refractivity contribution in [1.29, 1.82) is 0 Å². The molecule has 0 heterocycles. The van der Waals surface area contributed by atoms with Gasteiger partial charge in [0.05, 0.1) is 0 Å². The highest BCUT2D eigenvalue weighted by Gasteiger charge is 2.29. The van der Waals surface area contributed by atoms with Crippen LogP contribution in [0.3, 0.4) is 0 Å². The number of carbonyl (C=O) groups excluding carboxylic acids is 3. The topological polar surface area (TPSA) is 78.5 Å². The SMILES string of the molecule is CCC(=O)N[C@@H](C)C(=O)N(C)[C@@H](CC(C)C)C(=O)NC. The third-order valence-electron chi connectivity index (χ3n) is 3.13. The third-order valence-corrected chi connectivity index (χ3v) is 3.13. The summed E-state index contributed by atoms with van der Waals surface area (Å²) in [5.41, 5.74) is 0. The summed E-state index contributed by atoms with van der Waals surface area (Å²) in [6.07, 6.45) is 0.905. The number of likely N-dealkylation sites (N-methyl/N-ethyl adjacent to an activating group) is 2. The van der Waals surface area contributed by atoms with Crippen molar-refractivity contribution in [1.82, 2.24) is 15.5 Å². The van der Waals surface area contributed by atoms with Crippen LogP contribution in [0, 0.1) is 5.92 Å². The number of nitrogens with one attached hydrogen (secondary N) is 2. The fourth-order valence-corrected chi connectivity index (χ4v) is 1.92. The van der Waals surface area contributed by atoms with Crippen LogP contribution >= 0.6 is 0 Å². The minimum atomic E-state index is -0.633. The minimum absolute atomic E-state index is 0.181. The van der Waals surface area contributed by atoms with Crippen LogP contribution in [0.2, 0.25) is 0 Å². The average molecular weight is 285 g/mol. The predicted octanol–water partition coefficient (Wildman–Crippen LogP) is 0.520. The van der Waals surface area contributed by atoms with E-state index in [9.17, 15) is 14.4 Å². The van der Waals surface area contributed by atoms with Crippen molar-refractivity contribution in [3.05, 3.63) is 0 Å². The van der Waals surface area contributed by atoms with E-state index in [-0.39, 0.29) is 23.6 Å². The van der Waals surface area contributed by atoms with Crippen molar-refractivity contribution < 1.29 is 14.4 Å². The first-order valence-corrected chi connectivity index (χ1v) is 7.02. The molecular formula is C14H27N3O3. The zero-order chi connectivity index (χ0) is 15.9. The molecule has 0 aliphatic carbocycles. The lowest BCUT2D eigenvalue weighted by atomic mass is 10.0. The molecule has 0 aliphatic heterocycles. The van der Waals surface area contributed by atoms with E-state index in [4.69, 9.17) is 0 Å². The quantitative estimate of drug-likeness (QED) is 0.716. The van der Waals surface area contributed by atoms with Gasteiger partial charge in [0.15, 0.2) is 0 Å². The molecule has 0 aliphatic rings. The monoisotopic (exact) mass is 285 g/mol. The van der Waals surface area contributed by atoms with Gasteiger partial charge in [-0.15, -0.1) is 0 Å². The van der Waals surface area contributed by atoms with Crippen molar-refractivity contribution in [2.24, 2.45) is 5.92 Å². The summed E-state index contributed by atoms with van der Waals surface area (Å²) in [7, 11) is 3.15. The minimum Gasteiger partial charge on any atom is -0.357 e. The van der Waals surface area contributed by atoms with Crippen LogP contribution in [0.5, 0.6) is 0 Å². The Labute approximate surface area is 121 Å². The summed E-state index contributed by atoms with van der Waals surface area (Å²) in [5, 5.41) is 5.19. The molecule has 0 rings (SSSR count). The number of carbonyl (C=O) groups is 3. The van der Waals surface area contributed by atoms with Gasteiger partial charge in [-0.2, -0.15) is 0 Å². The molecule has 20 heavy (non-hydrogen) atoms.